The monoisotopic (exact) mass is 332 g/mol. The minimum Gasteiger partial charge on any atom is -0.391 e. The van der Waals surface area contributed by atoms with Gasteiger partial charge in [-0.2, -0.15) is 0 Å². The van der Waals surface area contributed by atoms with Gasteiger partial charge in [-0.05, 0) is 12.3 Å². The largest absolute Gasteiger partial charge is 0.391 e. The van der Waals surface area contributed by atoms with Crippen molar-refractivity contribution < 1.29 is 9.90 Å². The van der Waals surface area contributed by atoms with E-state index < -0.39 is 6.10 Å². The summed E-state index contributed by atoms with van der Waals surface area (Å²) >= 11 is 1.54. The maximum Gasteiger partial charge on any atom is 0.226 e. The molecule has 0 radical (unpaired) electrons. The smallest absolute Gasteiger partial charge is 0.226 e. The molecule has 1 unspecified atom stereocenters. The molecule has 0 saturated carbocycles. The van der Waals surface area contributed by atoms with Gasteiger partial charge in [0.25, 0.3) is 0 Å². The first kappa shape index (κ1) is 17.6. The van der Waals surface area contributed by atoms with Crippen LogP contribution < -0.4 is 5.32 Å². The summed E-state index contributed by atoms with van der Waals surface area (Å²) in [4.78, 5) is 16.5. The highest BCUT2D eigenvalue weighted by Gasteiger charge is 2.22. The number of hydrogen-bond acceptors (Lipinski definition) is 4. The summed E-state index contributed by atoms with van der Waals surface area (Å²) in [5, 5.41) is 15.5. The van der Waals surface area contributed by atoms with Crippen molar-refractivity contribution in [1.82, 2.24) is 10.3 Å². The third kappa shape index (κ3) is 5.15. The van der Waals surface area contributed by atoms with Gasteiger partial charge in [-0.1, -0.05) is 50.6 Å². The predicted octanol–water partition coefficient (Wildman–Crippen LogP) is 3.18. The predicted molar refractivity (Wildman–Crippen MR) is 94.5 cm³/mol. The fourth-order valence-electron chi connectivity index (χ4n) is 1.96. The molecule has 124 valence electrons. The summed E-state index contributed by atoms with van der Waals surface area (Å²) in [6, 6.07) is 8.18. The van der Waals surface area contributed by atoms with Crippen LogP contribution in [0.15, 0.2) is 29.6 Å². The van der Waals surface area contributed by atoms with Gasteiger partial charge < -0.3 is 10.4 Å². The van der Waals surface area contributed by atoms with Crippen LogP contribution in [0, 0.1) is 12.3 Å². The number of rotatable bonds is 5. The van der Waals surface area contributed by atoms with Gasteiger partial charge in [0.2, 0.25) is 5.91 Å². The number of aliphatic hydroxyl groups excluding tert-OH is 1. The SMILES string of the molecule is Cc1ccc(-c2nc(CC(=O)NCC(O)C(C)(C)C)cs2)cc1. The number of aryl methyl sites for hydroxylation is 1. The number of hydrogen-bond donors (Lipinski definition) is 2. The van der Waals surface area contributed by atoms with Crippen molar-refractivity contribution in [3.05, 3.63) is 40.9 Å². The number of carbonyl (C=O) groups excluding carboxylic acids is 1. The van der Waals surface area contributed by atoms with Crippen LogP contribution in [0.2, 0.25) is 0 Å². The average Bonchev–Trinajstić information content (AvgIpc) is 2.93. The summed E-state index contributed by atoms with van der Waals surface area (Å²) in [6.07, 6.45) is -0.329. The van der Waals surface area contributed by atoms with Crippen LogP contribution in [0.25, 0.3) is 10.6 Å². The van der Waals surface area contributed by atoms with E-state index in [4.69, 9.17) is 0 Å². The Morgan fingerprint density at radius 1 is 1.30 bits per heavy atom. The van der Waals surface area contributed by atoms with E-state index in [1.54, 1.807) is 0 Å². The fourth-order valence-corrected chi connectivity index (χ4v) is 2.79. The van der Waals surface area contributed by atoms with E-state index in [2.05, 4.69) is 22.4 Å². The molecular weight excluding hydrogens is 308 g/mol. The van der Waals surface area contributed by atoms with Crippen molar-refractivity contribution in [1.29, 1.82) is 0 Å². The van der Waals surface area contributed by atoms with Crippen LogP contribution in [0.5, 0.6) is 0 Å². The van der Waals surface area contributed by atoms with Crippen molar-refractivity contribution in [2.45, 2.75) is 40.2 Å². The molecule has 0 aliphatic heterocycles. The average molecular weight is 332 g/mol. The lowest BCUT2D eigenvalue weighted by Crippen LogP contribution is -2.39. The minimum atomic E-state index is -0.565. The van der Waals surface area contributed by atoms with E-state index in [1.807, 2.05) is 45.2 Å². The highest BCUT2D eigenvalue weighted by Crippen LogP contribution is 2.24. The van der Waals surface area contributed by atoms with Gasteiger partial charge in [0.1, 0.15) is 5.01 Å². The van der Waals surface area contributed by atoms with Gasteiger partial charge in [0, 0.05) is 17.5 Å². The molecule has 1 aromatic heterocycles. The van der Waals surface area contributed by atoms with Crippen LogP contribution >= 0.6 is 11.3 Å². The molecule has 2 rings (SSSR count). The van der Waals surface area contributed by atoms with E-state index in [1.165, 1.54) is 16.9 Å². The second kappa shape index (κ2) is 7.23. The highest BCUT2D eigenvalue weighted by molar-refractivity contribution is 7.13. The van der Waals surface area contributed by atoms with Gasteiger partial charge in [-0.3, -0.25) is 4.79 Å². The zero-order valence-electron chi connectivity index (χ0n) is 14.1. The second-order valence-corrected chi connectivity index (χ2v) is 7.73. The second-order valence-electron chi connectivity index (χ2n) is 6.87. The molecular formula is C18H24N2O2S. The lowest BCUT2D eigenvalue weighted by molar-refractivity contribution is -0.121. The molecule has 0 aliphatic carbocycles. The van der Waals surface area contributed by atoms with Crippen LogP contribution in [-0.4, -0.2) is 28.6 Å². The van der Waals surface area contributed by atoms with Crippen molar-refractivity contribution in [2.24, 2.45) is 5.41 Å². The number of amides is 1. The number of aliphatic hydroxyl groups is 1. The highest BCUT2D eigenvalue weighted by atomic mass is 32.1. The molecule has 1 heterocycles. The number of nitrogens with one attached hydrogen (secondary N) is 1. The van der Waals surface area contributed by atoms with Gasteiger partial charge in [-0.25, -0.2) is 4.98 Å². The zero-order valence-corrected chi connectivity index (χ0v) is 14.9. The van der Waals surface area contributed by atoms with Crippen molar-refractivity contribution in [3.8, 4) is 10.6 Å². The maximum absolute atomic E-state index is 12.0. The molecule has 1 amide bonds. The van der Waals surface area contributed by atoms with Crippen LogP contribution in [0.4, 0.5) is 0 Å². The molecule has 2 aromatic rings. The van der Waals surface area contributed by atoms with Gasteiger partial charge in [0.05, 0.1) is 18.2 Å². The Kier molecular flexibility index (Phi) is 5.55. The van der Waals surface area contributed by atoms with E-state index in [0.717, 1.165) is 16.3 Å². The van der Waals surface area contributed by atoms with E-state index >= 15 is 0 Å². The summed E-state index contributed by atoms with van der Waals surface area (Å²) in [6.45, 7) is 8.14. The number of thiazole rings is 1. The third-order valence-electron chi connectivity index (χ3n) is 3.68. The number of nitrogens with zero attached hydrogens (tertiary/aromatic N) is 1. The first-order valence-electron chi connectivity index (χ1n) is 7.72. The Morgan fingerprint density at radius 2 is 1.96 bits per heavy atom. The summed E-state index contributed by atoms with van der Waals surface area (Å²) in [7, 11) is 0. The lowest BCUT2D eigenvalue weighted by atomic mass is 9.89. The summed E-state index contributed by atoms with van der Waals surface area (Å²) in [5.74, 6) is -0.117. The standard InChI is InChI=1S/C18H24N2O2S/c1-12-5-7-13(8-6-12)17-20-14(11-23-17)9-16(22)19-10-15(21)18(2,3)4/h5-8,11,15,21H,9-10H2,1-4H3,(H,19,22). The molecule has 23 heavy (non-hydrogen) atoms. The first-order valence-corrected chi connectivity index (χ1v) is 8.60. The number of carbonyl (C=O) groups is 1. The Balaban J connectivity index is 1.91. The van der Waals surface area contributed by atoms with Crippen LogP contribution in [-0.2, 0) is 11.2 Å². The molecule has 0 aliphatic rings. The van der Waals surface area contributed by atoms with Gasteiger partial charge in [-0.15, -0.1) is 11.3 Å². The molecule has 1 aromatic carbocycles. The molecule has 2 N–H and O–H groups in total. The Hall–Kier alpha value is -1.72. The molecule has 0 bridgehead atoms. The quantitative estimate of drug-likeness (QED) is 0.884. The van der Waals surface area contributed by atoms with Crippen LogP contribution in [0.3, 0.4) is 0 Å². The van der Waals surface area contributed by atoms with Crippen LogP contribution in [0.1, 0.15) is 32.0 Å². The summed E-state index contributed by atoms with van der Waals surface area (Å²) in [5.41, 5.74) is 2.79. The van der Waals surface area contributed by atoms with Crippen molar-refractivity contribution >= 4 is 17.2 Å². The van der Waals surface area contributed by atoms with Gasteiger partial charge >= 0.3 is 0 Å². The third-order valence-corrected chi connectivity index (χ3v) is 4.62. The molecule has 0 saturated heterocycles. The Labute approximate surface area is 141 Å². The maximum atomic E-state index is 12.0. The van der Waals surface area contributed by atoms with E-state index in [-0.39, 0.29) is 24.3 Å². The number of benzene rings is 1. The lowest BCUT2D eigenvalue weighted by Gasteiger charge is -2.25. The van der Waals surface area contributed by atoms with E-state index in [0.29, 0.717) is 0 Å². The van der Waals surface area contributed by atoms with E-state index in [9.17, 15) is 9.90 Å². The molecule has 4 nitrogen and oxygen atoms in total. The topological polar surface area (TPSA) is 62.2 Å². The molecule has 0 spiro atoms. The van der Waals surface area contributed by atoms with Gasteiger partial charge in [0.15, 0.2) is 0 Å². The summed E-state index contributed by atoms with van der Waals surface area (Å²) < 4.78 is 0. The molecule has 1 atom stereocenters. The molecule has 5 heteroatoms. The van der Waals surface area contributed by atoms with Crippen molar-refractivity contribution in [2.75, 3.05) is 6.54 Å². The minimum absolute atomic E-state index is 0.117. The normalized spacial score (nSPS) is 12.9. The molecule has 0 fully saturated rings. The fraction of sp³-hybridized carbons (Fsp3) is 0.444. The first-order chi connectivity index (χ1) is 10.8. The van der Waals surface area contributed by atoms with Crippen molar-refractivity contribution in [3.63, 3.8) is 0 Å². The Bertz CT molecular complexity index is 656. The zero-order chi connectivity index (χ0) is 17.0. The Morgan fingerprint density at radius 3 is 2.57 bits per heavy atom. The number of aromatic nitrogens is 1.